The van der Waals surface area contributed by atoms with Crippen molar-refractivity contribution in [3.63, 3.8) is 0 Å². The van der Waals surface area contributed by atoms with Crippen LogP contribution in [0.3, 0.4) is 0 Å². The fourth-order valence-electron chi connectivity index (χ4n) is 2.18. The molecule has 0 atom stereocenters. The first-order valence-electron chi connectivity index (χ1n) is 7.04. The molecule has 0 saturated carbocycles. The SMILES string of the molecule is COc1ccccc1NC(=O)COc1nncc2ccccc12. The molecule has 6 nitrogen and oxygen atoms in total. The Hall–Kier alpha value is -3.15. The Bertz CT molecular complexity index is 831. The normalized spacial score (nSPS) is 10.3. The zero-order valence-corrected chi connectivity index (χ0v) is 12.5. The Morgan fingerprint density at radius 1 is 1.13 bits per heavy atom. The van der Waals surface area contributed by atoms with Crippen LogP contribution in [0.2, 0.25) is 0 Å². The van der Waals surface area contributed by atoms with E-state index < -0.39 is 0 Å². The third-order valence-corrected chi connectivity index (χ3v) is 3.26. The zero-order chi connectivity index (χ0) is 16.1. The van der Waals surface area contributed by atoms with Crippen LogP contribution in [0.15, 0.2) is 54.7 Å². The molecule has 0 saturated heterocycles. The highest BCUT2D eigenvalue weighted by Gasteiger charge is 2.10. The smallest absolute Gasteiger partial charge is 0.262 e. The van der Waals surface area contributed by atoms with Gasteiger partial charge in [0.2, 0.25) is 5.88 Å². The summed E-state index contributed by atoms with van der Waals surface area (Å²) in [6.45, 7) is -0.166. The van der Waals surface area contributed by atoms with Crippen LogP contribution in [0.4, 0.5) is 5.69 Å². The molecule has 1 N–H and O–H groups in total. The molecule has 0 spiro atoms. The van der Waals surface area contributed by atoms with Crippen LogP contribution >= 0.6 is 0 Å². The second-order valence-corrected chi connectivity index (χ2v) is 4.77. The first-order chi connectivity index (χ1) is 11.3. The van der Waals surface area contributed by atoms with Gasteiger partial charge in [0.05, 0.1) is 19.0 Å². The van der Waals surface area contributed by atoms with E-state index in [0.717, 1.165) is 10.8 Å². The van der Waals surface area contributed by atoms with Gasteiger partial charge in [-0.05, 0) is 18.2 Å². The van der Waals surface area contributed by atoms with Crippen molar-refractivity contribution in [2.45, 2.75) is 0 Å². The molecular weight excluding hydrogens is 294 g/mol. The van der Waals surface area contributed by atoms with E-state index in [-0.39, 0.29) is 12.5 Å². The Morgan fingerprint density at radius 2 is 1.91 bits per heavy atom. The number of carbonyl (C=O) groups is 1. The largest absolute Gasteiger partial charge is 0.495 e. The average Bonchev–Trinajstić information content (AvgIpc) is 2.60. The minimum Gasteiger partial charge on any atom is -0.495 e. The predicted molar refractivity (Wildman–Crippen MR) is 86.7 cm³/mol. The van der Waals surface area contributed by atoms with E-state index in [1.54, 1.807) is 25.4 Å². The van der Waals surface area contributed by atoms with Crippen molar-refractivity contribution in [2.75, 3.05) is 19.0 Å². The Kier molecular flexibility index (Phi) is 4.33. The number of carbonyl (C=O) groups excluding carboxylic acids is 1. The number of para-hydroxylation sites is 2. The predicted octanol–water partition coefficient (Wildman–Crippen LogP) is 2.66. The second kappa shape index (κ2) is 6.74. The summed E-state index contributed by atoms with van der Waals surface area (Å²) < 4.78 is 10.7. The van der Waals surface area contributed by atoms with E-state index in [1.807, 2.05) is 36.4 Å². The molecule has 116 valence electrons. The lowest BCUT2D eigenvalue weighted by Crippen LogP contribution is -2.21. The van der Waals surface area contributed by atoms with Gasteiger partial charge in [-0.25, -0.2) is 0 Å². The summed E-state index contributed by atoms with van der Waals surface area (Å²) in [6, 6.07) is 14.7. The number of anilines is 1. The summed E-state index contributed by atoms with van der Waals surface area (Å²) in [4.78, 5) is 12.1. The third-order valence-electron chi connectivity index (χ3n) is 3.26. The first kappa shape index (κ1) is 14.8. The molecule has 0 aliphatic rings. The van der Waals surface area contributed by atoms with Gasteiger partial charge in [0, 0.05) is 10.8 Å². The minimum atomic E-state index is -0.302. The number of hydrogen-bond acceptors (Lipinski definition) is 5. The lowest BCUT2D eigenvalue weighted by Gasteiger charge is -2.10. The third kappa shape index (κ3) is 3.37. The van der Waals surface area contributed by atoms with Gasteiger partial charge in [-0.15, -0.1) is 5.10 Å². The number of hydrogen-bond donors (Lipinski definition) is 1. The van der Waals surface area contributed by atoms with Crippen LogP contribution in [0.1, 0.15) is 0 Å². The van der Waals surface area contributed by atoms with Gasteiger partial charge in [-0.2, -0.15) is 5.10 Å². The van der Waals surface area contributed by atoms with Crippen molar-refractivity contribution in [3.05, 3.63) is 54.7 Å². The molecule has 3 aromatic rings. The van der Waals surface area contributed by atoms with Crippen LogP contribution in [-0.4, -0.2) is 29.8 Å². The number of methoxy groups -OCH3 is 1. The lowest BCUT2D eigenvalue weighted by molar-refractivity contribution is -0.118. The van der Waals surface area contributed by atoms with Crippen molar-refractivity contribution in [1.82, 2.24) is 10.2 Å². The summed E-state index contributed by atoms with van der Waals surface area (Å²) in [6.07, 6.45) is 1.65. The highest BCUT2D eigenvalue weighted by Crippen LogP contribution is 2.23. The molecule has 6 heteroatoms. The van der Waals surface area contributed by atoms with Crippen LogP contribution in [0, 0.1) is 0 Å². The van der Waals surface area contributed by atoms with Gasteiger partial charge in [0.25, 0.3) is 5.91 Å². The Morgan fingerprint density at radius 3 is 2.78 bits per heavy atom. The minimum absolute atomic E-state index is 0.166. The number of fused-ring (bicyclic) bond motifs is 1. The van der Waals surface area contributed by atoms with E-state index in [9.17, 15) is 4.79 Å². The quantitative estimate of drug-likeness (QED) is 0.784. The highest BCUT2D eigenvalue weighted by atomic mass is 16.5. The van der Waals surface area contributed by atoms with Gasteiger partial charge in [-0.1, -0.05) is 30.3 Å². The summed E-state index contributed by atoms with van der Waals surface area (Å²) in [5, 5.41) is 12.3. The number of rotatable bonds is 5. The summed E-state index contributed by atoms with van der Waals surface area (Å²) >= 11 is 0. The van der Waals surface area contributed by atoms with E-state index in [4.69, 9.17) is 9.47 Å². The molecule has 0 aliphatic carbocycles. The lowest BCUT2D eigenvalue weighted by atomic mass is 10.2. The number of nitrogens with one attached hydrogen (secondary N) is 1. The molecule has 23 heavy (non-hydrogen) atoms. The maximum atomic E-state index is 12.1. The molecule has 0 bridgehead atoms. The van der Waals surface area contributed by atoms with Gasteiger partial charge in [0.15, 0.2) is 6.61 Å². The maximum Gasteiger partial charge on any atom is 0.262 e. The fourth-order valence-corrected chi connectivity index (χ4v) is 2.18. The van der Waals surface area contributed by atoms with Crippen molar-refractivity contribution in [2.24, 2.45) is 0 Å². The second-order valence-electron chi connectivity index (χ2n) is 4.77. The summed E-state index contributed by atoms with van der Waals surface area (Å²) in [7, 11) is 1.55. The van der Waals surface area contributed by atoms with Crippen molar-refractivity contribution in [1.29, 1.82) is 0 Å². The topological polar surface area (TPSA) is 73.3 Å². The van der Waals surface area contributed by atoms with E-state index in [0.29, 0.717) is 17.3 Å². The molecule has 0 radical (unpaired) electrons. The monoisotopic (exact) mass is 309 g/mol. The molecule has 3 rings (SSSR count). The zero-order valence-electron chi connectivity index (χ0n) is 12.5. The van der Waals surface area contributed by atoms with Crippen LogP contribution < -0.4 is 14.8 Å². The maximum absolute atomic E-state index is 12.1. The van der Waals surface area contributed by atoms with E-state index >= 15 is 0 Å². The molecule has 2 aromatic carbocycles. The van der Waals surface area contributed by atoms with Crippen LogP contribution in [-0.2, 0) is 4.79 Å². The Balaban J connectivity index is 1.69. The van der Waals surface area contributed by atoms with Crippen molar-refractivity contribution >= 4 is 22.4 Å². The average molecular weight is 309 g/mol. The van der Waals surface area contributed by atoms with E-state index in [1.165, 1.54) is 0 Å². The first-order valence-corrected chi connectivity index (χ1v) is 7.04. The van der Waals surface area contributed by atoms with Crippen LogP contribution in [0.5, 0.6) is 11.6 Å². The standard InChI is InChI=1S/C17H15N3O3/c1-22-15-9-5-4-8-14(15)19-16(21)11-23-17-13-7-3-2-6-12(13)10-18-20-17/h2-10H,11H2,1H3,(H,19,21). The molecule has 1 aromatic heterocycles. The molecule has 0 aliphatic heterocycles. The van der Waals surface area contributed by atoms with Crippen LogP contribution in [0.25, 0.3) is 10.8 Å². The van der Waals surface area contributed by atoms with Gasteiger partial charge in [-0.3, -0.25) is 4.79 Å². The van der Waals surface area contributed by atoms with Gasteiger partial charge in [0.1, 0.15) is 5.75 Å². The number of nitrogens with zero attached hydrogens (tertiary/aromatic N) is 2. The summed E-state index contributed by atoms with van der Waals surface area (Å²) in [5.74, 6) is 0.619. The number of aromatic nitrogens is 2. The van der Waals surface area contributed by atoms with Gasteiger partial charge < -0.3 is 14.8 Å². The molecule has 0 unspecified atom stereocenters. The highest BCUT2D eigenvalue weighted by molar-refractivity contribution is 5.93. The number of amides is 1. The number of benzene rings is 2. The fraction of sp³-hybridized carbons (Fsp3) is 0.118. The van der Waals surface area contributed by atoms with Crippen molar-refractivity contribution in [3.8, 4) is 11.6 Å². The summed E-state index contributed by atoms with van der Waals surface area (Å²) in [5.41, 5.74) is 0.590. The Labute approximate surface area is 133 Å². The molecule has 0 fully saturated rings. The van der Waals surface area contributed by atoms with Crippen molar-refractivity contribution < 1.29 is 14.3 Å². The van der Waals surface area contributed by atoms with Gasteiger partial charge >= 0.3 is 0 Å². The molecule has 1 heterocycles. The molecule has 1 amide bonds. The molecular formula is C17H15N3O3. The van der Waals surface area contributed by atoms with E-state index in [2.05, 4.69) is 15.5 Å². The number of ether oxygens (including phenoxy) is 2.